The van der Waals surface area contributed by atoms with Gasteiger partial charge in [0.15, 0.2) is 4.84 Å². The molecule has 0 radical (unpaired) electrons. The Morgan fingerprint density at radius 1 is 1.05 bits per heavy atom. The monoisotopic (exact) mass is 879 g/mol. The summed E-state index contributed by atoms with van der Waals surface area (Å²) in [4.78, 5) is 53.7. The molecule has 0 atom stereocenters. The second-order valence-corrected chi connectivity index (χ2v) is 15.1. The van der Waals surface area contributed by atoms with Gasteiger partial charge in [-0.25, -0.2) is 14.1 Å². The Balaban J connectivity index is 0.000000307. The van der Waals surface area contributed by atoms with E-state index in [0.29, 0.717) is 35.9 Å². The topological polar surface area (TPSA) is 115 Å². The zero-order valence-corrected chi connectivity index (χ0v) is 35.9. The van der Waals surface area contributed by atoms with E-state index in [-0.39, 0.29) is 45.8 Å². The molecule has 1 aliphatic heterocycles. The molecule has 0 N–H and O–H groups in total. The van der Waals surface area contributed by atoms with Crippen molar-refractivity contribution in [1.29, 1.82) is 0 Å². The number of halogens is 5. The lowest BCUT2D eigenvalue weighted by Crippen LogP contribution is -2.35. The van der Waals surface area contributed by atoms with Crippen molar-refractivity contribution >= 4 is 98.7 Å². The van der Waals surface area contributed by atoms with Crippen LogP contribution in [0.2, 0.25) is 5.02 Å². The molecule has 11 nitrogen and oxygen atoms in total. The number of alkyl halides is 3. The van der Waals surface area contributed by atoms with Crippen LogP contribution in [0.15, 0.2) is 70.3 Å². The van der Waals surface area contributed by atoms with E-state index in [2.05, 4.69) is 36.7 Å². The third-order valence-electron chi connectivity index (χ3n) is 7.79. The highest BCUT2D eigenvalue weighted by atomic mass is 35.5. The van der Waals surface area contributed by atoms with E-state index in [1.807, 2.05) is 18.2 Å². The number of ether oxygens (including phenoxy) is 2. The van der Waals surface area contributed by atoms with Gasteiger partial charge in [-0.1, -0.05) is 79.0 Å². The second-order valence-electron chi connectivity index (χ2n) is 11.4. The number of rotatable bonds is 15. The average molecular weight is 882 g/mol. The molecule has 0 fully saturated rings. The van der Waals surface area contributed by atoms with Crippen LogP contribution >= 0.6 is 69.5 Å². The largest absolute Gasteiger partial charge is 0.468 e. The van der Waals surface area contributed by atoms with Gasteiger partial charge in [-0.15, -0.1) is 36.5 Å². The molecule has 1 aliphatic rings. The second kappa shape index (κ2) is 25.2. The number of aromatic nitrogens is 2. The summed E-state index contributed by atoms with van der Waals surface area (Å²) in [6.45, 7) is 13.6. The molecule has 2 amide bonds. The summed E-state index contributed by atoms with van der Waals surface area (Å²) in [5.41, 5.74) is 3.32. The average Bonchev–Trinajstić information content (AvgIpc) is 3.51. The highest BCUT2D eigenvalue weighted by molar-refractivity contribution is 8.00. The molecule has 1 aromatic heterocycles. The molecule has 0 spiro atoms. The smallest absolute Gasteiger partial charge is 0.325 e. The van der Waals surface area contributed by atoms with Gasteiger partial charge in [0.25, 0.3) is 5.91 Å². The van der Waals surface area contributed by atoms with Gasteiger partial charge in [0.05, 0.1) is 23.6 Å². The maximum absolute atomic E-state index is 14.3. The van der Waals surface area contributed by atoms with Crippen molar-refractivity contribution < 1.29 is 28.2 Å². The van der Waals surface area contributed by atoms with Gasteiger partial charge in [0.1, 0.15) is 24.1 Å². The quantitative estimate of drug-likeness (QED) is 0.0504. The maximum Gasteiger partial charge on any atom is 0.325 e. The van der Waals surface area contributed by atoms with E-state index in [9.17, 15) is 23.6 Å². The molecule has 0 saturated heterocycles. The van der Waals surface area contributed by atoms with Crippen LogP contribution in [0.5, 0.6) is 0 Å². The minimum atomic E-state index is -1.01. The lowest BCUT2D eigenvalue weighted by molar-refractivity contribution is -0.137. The Hall–Kier alpha value is -3.11. The number of carbonyl (C=O) groups is 3. The number of hydrogen-bond donors (Lipinski definition) is 0. The highest BCUT2D eigenvalue weighted by Crippen LogP contribution is 2.33. The summed E-state index contributed by atoms with van der Waals surface area (Å²) in [7, 11) is 2.87. The molecule has 2 heterocycles. The Kier molecular flexibility index (Phi) is 22.0. The van der Waals surface area contributed by atoms with Crippen LogP contribution in [-0.4, -0.2) is 82.6 Å². The lowest BCUT2D eigenvalue weighted by Gasteiger charge is -2.26. The molecule has 0 bridgehead atoms. The number of anilines is 1. The van der Waals surface area contributed by atoms with Gasteiger partial charge in [-0.2, -0.15) is 0 Å². The summed E-state index contributed by atoms with van der Waals surface area (Å²) in [5, 5.41) is 0.199. The predicted octanol–water partition coefficient (Wildman–Crippen LogP) is 7.77. The van der Waals surface area contributed by atoms with Crippen molar-refractivity contribution in [3.63, 3.8) is 0 Å². The standard InChI is InChI=1S/C15H15ClFN3O3S2.C14H20ClNO2.C8H11Cl2NO/c1-23-13(21)8-24-12-7-11(10(17)6-9(12)16)18-14-19-4-2-3-5-20(19)15(22)25-14;1-4-11-7-6-8-12(5-2)14(11)16(10-18-3)13(17)9-15;1-3-5-11(6-4-2)8(12)7(9)10/h6-7H,2-5,8H2,1H3;6-8H,4-5,9-10H2,1-3H3;3-4,7H,1-2,5-6H2/b18-14-;;. The van der Waals surface area contributed by atoms with Crippen LogP contribution in [0.1, 0.15) is 37.8 Å². The molecule has 4 rings (SSSR count). The number of fused-ring (bicyclic) bond motifs is 1. The zero-order chi connectivity index (χ0) is 41.1. The van der Waals surface area contributed by atoms with Crippen LogP contribution < -0.4 is 14.6 Å². The van der Waals surface area contributed by atoms with Gasteiger partial charge < -0.3 is 14.4 Å². The van der Waals surface area contributed by atoms with Gasteiger partial charge in [0.2, 0.25) is 10.7 Å². The van der Waals surface area contributed by atoms with Crippen molar-refractivity contribution in [1.82, 2.24) is 14.3 Å². The van der Waals surface area contributed by atoms with E-state index in [4.69, 9.17) is 51.1 Å². The van der Waals surface area contributed by atoms with E-state index in [1.165, 1.54) is 18.1 Å². The number of thioether (sulfide) groups is 1. The molecule has 18 heteroatoms. The maximum atomic E-state index is 14.3. The number of para-hydroxylation sites is 1. The molecule has 302 valence electrons. The molecule has 3 aromatic rings. The number of amides is 2. The van der Waals surface area contributed by atoms with Crippen LogP contribution in [-0.2, 0) is 49.8 Å². The Labute approximate surface area is 349 Å². The van der Waals surface area contributed by atoms with Crippen LogP contribution in [0.3, 0.4) is 0 Å². The minimum Gasteiger partial charge on any atom is -0.468 e. The number of hydrogen-bond acceptors (Lipinski definition) is 9. The van der Waals surface area contributed by atoms with Crippen molar-refractivity contribution in [3.8, 4) is 0 Å². The van der Waals surface area contributed by atoms with Gasteiger partial charge >= 0.3 is 10.8 Å². The number of methoxy groups -OCH3 is 2. The molecule has 0 aliphatic carbocycles. The summed E-state index contributed by atoms with van der Waals surface area (Å²) < 4.78 is 27.4. The Morgan fingerprint density at radius 2 is 1.65 bits per heavy atom. The van der Waals surface area contributed by atoms with Crippen molar-refractivity contribution in [2.45, 2.75) is 62.4 Å². The minimum absolute atomic E-state index is 0.0371. The molecule has 2 aromatic carbocycles. The van der Waals surface area contributed by atoms with Crippen molar-refractivity contribution in [3.05, 3.63) is 92.1 Å². The molecular weight excluding hydrogens is 835 g/mol. The number of esters is 1. The lowest BCUT2D eigenvalue weighted by atomic mass is 10.0. The Morgan fingerprint density at radius 3 is 2.16 bits per heavy atom. The van der Waals surface area contributed by atoms with Gasteiger partial charge in [-0.3, -0.25) is 28.8 Å². The van der Waals surface area contributed by atoms with E-state index in [1.54, 1.807) is 33.5 Å². The number of carbonyl (C=O) groups excluding carboxylic acids is 3. The summed E-state index contributed by atoms with van der Waals surface area (Å²) in [5.74, 6) is -1.41. The summed E-state index contributed by atoms with van der Waals surface area (Å²) in [6.07, 6.45) is 6.86. The van der Waals surface area contributed by atoms with Gasteiger partial charge in [0, 0.05) is 38.2 Å². The fraction of sp³-hybridized carbons (Fsp3) is 0.432. The first-order valence-corrected chi connectivity index (χ1v) is 20.7. The first-order chi connectivity index (χ1) is 26.3. The van der Waals surface area contributed by atoms with Crippen LogP contribution in [0.4, 0.5) is 15.8 Å². The predicted molar refractivity (Wildman–Crippen MR) is 223 cm³/mol. The van der Waals surface area contributed by atoms with E-state index >= 15 is 0 Å². The van der Waals surface area contributed by atoms with Gasteiger partial charge in [-0.05, 0) is 60.3 Å². The zero-order valence-electron chi connectivity index (χ0n) is 31.2. The van der Waals surface area contributed by atoms with Crippen LogP contribution in [0.25, 0.3) is 0 Å². The normalized spacial score (nSPS) is 12.1. The fourth-order valence-corrected chi connectivity index (χ4v) is 7.57. The SMILES string of the molecule is C=CCN(CC=C)C(=O)C(Cl)Cl.CCc1cccc(CC)c1N(COC)C(=O)CCl.COC(=O)CSc1cc(/N=c2\sc(=O)n3n2CCCC3)c(F)cc1Cl. The third kappa shape index (κ3) is 14.4. The number of aryl methyl sites for hydroxylation is 2. The highest BCUT2D eigenvalue weighted by Gasteiger charge is 2.20. The van der Waals surface area contributed by atoms with E-state index < -0.39 is 16.6 Å². The third-order valence-corrected chi connectivity index (χ3v) is 10.7. The number of nitrogens with zero attached hydrogens (tertiary/aromatic N) is 5. The molecule has 0 unspecified atom stereocenters. The number of benzene rings is 2. The Bertz CT molecular complexity index is 1870. The van der Waals surface area contributed by atoms with Crippen molar-refractivity contribution in [2.24, 2.45) is 4.99 Å². The molecule has 55 heavy (non-hydrogen) atoms. The fourth-order valence-electron chi connectivity index (χ4n) is 5.16. The first kappa shape index (κ1) is 48.0. The van der Waals surface area contributed by atoms with E-state index in [0.717, 1.165) is 71.7 Å². The van der Waals surface area contributed by atoms with Crippen LogP contribution in [0, 0.1) is 5.82 Å². The molecule has 0 saturated carbocycles. The summed E-state index contributed by atoms with van der Waals surface area (Å²) >= 11 is 24.6. The van der Waals surface area contributed by atoms with Crippen molar-refractivity contribution in [2.75, 3.05) is 50.6 Å². The summed E-state index contributed by atoms with van der Waals surface area (Å²) in [6, 6.07) is 8.75. The first-order valence-electron chi connectivity index (χ1n) is 17.1. The molecular formula is C37H46Cl4FN5O6S2.